The number of thiocarbonyl (C=S) groups is 1. The van der Waals surface area contributed by atoms with E-state index in [1.807, 2.05) is 6.07 Å². The molecule has 32 heavy (non-hydrogen) atoms. The Kier molecular flexibility index (Phi) is 7.39. The van der Waals surface area contributed by atoms with Gasteiger partial charge >= 0.3 is 0 Å². The van der Waals surface area contributed by atoms with Gasteiger partial charge in [0, 0.05) is 22.9 Å². The maximum atomic E-state index is 12.7. The summed E-state index contributed by atoms with van der Waals surface area (Å²) in [5, 5.41) is 15.6. The number of nitrogens with one attached hydrogen (secondary N) is 2. The van der Waals surface area contributed by atoms with Crippen LogP contribution in [-0.2, 0) is 0 Å². The van der Waals surface area contributed by atoms with Crippen LogP contribution in [0.5, 0.6) is 5.75 Å². The number of aromatic nitrogens is 1. The van der Waals surface area contributed by atoms with Crippen molar-refractivity contribution in [2.75, 3.05) is 5.32 Å². The number of phenols is 1. The zero-order valence-electron chi connectivity index (χ0n) is 15.7. The molecule has 1 amide bonds. The first-order valence-corrected chi connectivity index (χ1v) is 13.0. The summed E-state index contributed by atoms with van der Waals surface area (Å²) in [6.07, 6.45) is 0. The highest BCUT2D eigenvalue weighted by atomic mass is 127. The van der Waals surface area contributed by atoms with Crippen LogP contribution in [0.4, 0.5) is 5.69 Å². The Hall–Kier alpha value is -1.29. The van der Waals surface area contributed by atoms with Gasteiger partial charge in [-0.15, -0.1) is 0 Å². The van der Waals surface area contributed by atoms with Gasteiger partial charge in [-0.3, -0.25) is 10.1 Å². The fourth-order valence-corrected chi connectivity index (χ4v) is 5.67. The summed E-state index contributed by atoms with van der Waals surface area (Å²) >= 11 is 16.4. The minimum Gasteiger partial charge on any atom is -0.507 e. The first kappa shape index (κ1) is 23.9. The Morgan fingerprint density at radius 2 is 1.88 bits per heavy atom. The highest BCUT2D eigenvalue weighted by molar-refractivity contribution is 14.1. The molecule has 0 atom stereocenters. The van der Waals surface area contributed by atoms with E-state index in [4.69, 9.17) is 16.6 Å². The lowest BCUT2D eigenvalue weighted by Gasteiger charge is -2.11. The molecule has 0 aliphatic heterocycles. The molecule has 11 heteroatoms. The quantitative estimate of drug-likeness (QED) is 0.117. The molecular weight excluding hydrogens is 788 g/mol. The van der Waals surface area contributed by atoms with E-state index in [0.29, 0.717) is 32.7 Å². The van der Waals surface area contributed by atoms with Crippen LogP contribution in [0.15, 0.2) is 61.9 Å². The number of halogens is 4. The number of aromatic hydroxyl groups is 1. The number of oxazole rings is 1. The Morgan fingerprint density at radius 1 is 1.09 bits per heavy atom. The maximum absolute atomic E-state index is 12.7. The molecule has 4 aromatic rings. The highest BCUT2D eigenvalue weighted by Crippen LogP contribution is 2.32. The van der Waals surface area contributed by atoms with Gasteiger partial charge in [-0.2, -0.15) is 0 Å². The maximum Gasteiger partial charge on any atom is 0.258 e. The van der Waals surface area contributed by atoms with Crippen LogP contribution < -0.4 is 10.6 Å². The van der Waals surface area contributed by atoms with Gasteiger partial charge in [0.25, 0.3) is 5.91 Å². The third-order valence-corrected chi connectivity index (χ3v) is 8.21. The number of fused-ring (bicyclic) bond motifs is 1. The number of rotatable bonds is 3. The van der Waals surface area contributed by atoms with E-state index in [9.17, 15) is 9.90 Å². The normalized spacial score (nSPS) is 10.9. The molecule has 0 unspecified atom stereocenters. The highest BCUT2D eigenvalue weighted by Gasteiger charge is 2.16. The smallest absolute Gasteiger partial charge is 0.258 e. The summed E-state index contributed by atoms with van der Waals surface area (Å²) in [6, 6.07) is 14.1. The summed E-state index contributed by atoms with van der Waals surface area (Å²) < 4.78 is 8.97. The number of hydrogen-bond acceptors (Lipinski definition) is 5. The molecule has 6 nitrogen and oxygen atoms in total. The molecule has 1 heterocycles. The summed E-state index contributed by atoms with van der Waals surface area (Å²) in [7, 11) is 0. The molecule has 0 saturated heterocycles. The van der Waals surface area contributed by atoms with Crippen molar-refractivity contribution in [2.45, 2.75) is 0 Å². The van der Waals surface area contributed by atoms with Crippen molar-refractivity contribution in [1.82, 2.24) is 10.3 Å². The Bertz CT molecular complexity index is 1390. The lowest BCUT2D eigenvalue weighted by Crippen LogP contribution is -2.34. The van der Waals surface area contributed by atoms with Crippen LogP contribution in [-0.4, -0.2) is 21.1 Å². The number of anilines is 1. The molecule has 3 aromatic carbocycles. The van der Waals surface area contributed by atoms with Crippen molar-refractivity contribution in [3.63, 3.8) is 0 Å². The van der Waals surface area contributed by atoms with Gasteiger partial charge in [0.1, 0.15) is 11.3 Å². The molecule has 0 aliphatic rings. The summed E-state index contributed by atoms with van der Waals surface area (Å²) in [6.45, 7) is 0. The molecular formula is C21H11Br2I2N3O3S. The molecule has 0 bridgehead atoms. The summed E-state index contributed by atoms with van der Waals surface area (Å²) in [5.41, 5.74) is 3.11. The zero-order valence-corrected chi connectivity index (χ0v) is 24.1. The van der Waals surface area contributed by atoms with Crippen LogP contribution in [0.1, 0.15) is 10.4 Å². The standard InChI is InChI=1S/C21H11Br2I2N3O3S/c22-13-5-9(1-3-16(13)29)20-27-15-8-11(2-4-17(15)31-20)26-21(32)28-19(30)12-6-10(24)7-14(25)18(12)23/h1-8,29H,(H2,26,28,30,32). The van der Waals surface area contributed by atoms with Gasteiger partial charge in [-0.05, 0) is 138 Å². The molecule has 162 valence electrons. The Balaban J connectivity index is 1.51. The van der Waals surface area contributed by atoms with E-state index in [0.717, 1.165) is 17.2 Å². The minimum atomic E-state index is -0.312. The number of carbonyl (C=O) groups is 1. The number of phenolic OH excluding ortho intramolecular Hbond substituents is 1. The number of nitrogens with zero attached hydrogens (tertiary/aromatic N) is 1. The van der Waals surface area contributed by atoms with E-state index < -0.39 is 0 Å². The summed E-state index contributed by atoms with van der Waals surface area (Å²) in [5.74, 6) is 0.249. The molecule has 1 aromatic heterocycles. The van der Waals surface area contributed by atoms with Gasteiger partial charge in [0.2, 0.25) is 5.89 Å². The van der Waals surface area contributed by atoms with Gasteiger partial charge in [0.15, 0.2) is 10.7 Å². The van der Waals surface area contributed by atoms with Gasteiger partial charge in [0.05, 0.1) is 10.0 Å². The average Bonchev–Trinajstić information content (AvgIpc) is 3.15. The molecule has 3 N–H and O–H groups in total. The second-order valence-corrected chi connectivity index (χ2v) is 11.0. The first-order chi connectivity index (χ1) is 15.2. The molecule has 0 fully saturated rings. The van der Waals surface area contributed by atoms with Crippen LogP contribution in [0.3, 0.4) is 0 Å². The van der Waals surface area contributed by atoms with Crippen molar-refractivity contribution in [3.05, 3.63) is 70.2 Å². The monoisotopic (exact) mass is 797 g/mol. The van der Waals surface area contributed by atoms with Gasteiger partial charge in [-0.25, -0.2) is 4.98 Å². The lowest BCUT2D eigenvalue weighted by molar-refractivity contribution is 0.0977. The second kappa shape index (κ2) is 9.91. The van der Waals surface area contributed by atoms with Crippen LogP contribution >= 0.6 is 89.3 Å². The van der Waals surface area contributed by atoms with E-state index in [1.54, 1.807) is 42.5 Å². The minimum absolute atomic E-state index is 0.138. The van der Waals surface area contributed by atoms with E-state index >= 15 is 0 Å². The lowest BCUT2D eigenvalue weighted by atomic mass is 10.2. The predicted octanol–water partition coefficient (Wildman–Crippen LogP) is 7.06. The third kappa shape index (κ3) is 5.26. The Morgan fingerprint density at radius 3 is 2.62 bits per heavy atom. The van der Waals surface area contributed by atoms with Crippen molar-refractivity contribution in [2.24, 2.45) is 0 Å². The van der Waals surface area contributed by atoms with E-state index in [2.05, 4.69) is 92.7 Å². The van der Waals surface area contributed by atoms with Crippen molar-refractivity contribution < 1.29 is 14.3 Å². The van der Waals surface area contributed by atoms with E-state index in [1.165, 1.54) is 0 Å². The number of amides is 1. The van der Waals surface area contributed by atoms with Crippen molar-refractivity contribution >= 4 is 117 Å². The van der Waals surface area contributed by atoms with Crippen LogP contribution in [0.2, 0.25) is 0 Å². The van der Waals surface area contributed by atoms with Crippen molar-refractivity contribution in [1.29, 1.82) is 0 Å². The second-order valence-electron chi connectivity index (χ2n) is 6.53. The molecule has 0 saturated carbocycles. The topological polar surface area (TPSA) is 87.4 Å². The molecule has 0 radical (unpaired) electrons. The van der Waals surface area contributed by atoms with E-state index in [-0.39, 0.29) is 16.8 Å². The van der Waals surface area contributed by atoms with Crippen LogP contribution in [0, 0.1) is 7.14 Å². The van der Waals surface area contributed by atoms with Crippen molar-refractivity contribution in [3.8, 4) is 17.2 Å². The number of carbonyl (C=O) groups excluding carboxylic acids is 1. The largest absolute Gasteiger partial charge is 0.507 e. The fraction of sp³-hybridized carbons (Fsp3) is 0. The fourth-order valence-electron chi connectivity index (χ4n) is 2.82. The SMILES string of the molecule is O=C(NC(=S)Nc1ccc2oc(-c3ccc(O)c(Br)c3)nc2c1)c1cc(I)cc(I)c1Br. The average molecular weight is 799 g/mol. The zero-order chi connectivity index (χ0) is 23.0. The van der Waals surface area contributed by atoms with Gasteiger partial charge in [-0.1, -0.05) is 0 Å². The number of hydrogen-bond donors (Lipinski definition) is 3. The first-order valence-electron chi connectivity index (χ1n) is 8.87. The molecule has 0 aliphatic carbocycles. The molecule has 0 spiro atoms. The Labute approximate surface area is 232 Å². The third-order valence-electron chi connectivity index (χ3n) is 4.30. The number of benzene rings is 3. The summed E-state index contributed by atoms with van der Waals surface area (Å²) in [4.78, 5) is 17.2. The van der Waals surface area contributed by atoms with Crippen LogP contribution in [0.25, 0.3) is 22.6 Å². The van der Waals surface area contributed by atoms with Gasteiger partial charge < -0.3 is 14.8 Å². The predicted molar refractivity (Wildman–Crippen MR) is 152 cm³/mol. The molecule has 4 rings (SSSR count).